The number of carbonyl (C=O) groups excluding carboxylic acids is 1. The molecule has 3 heteroatoms. The molecular formula is C14H12O3. The van der Waals surface area contributed by atoms with Gasteiger partial charge in [-0.1, -0.05) is 30.3 Å². The van der Waals surface area contributed by atoms with Gasteiger partial charge in [0.05, 0.1) is 5.56 Å². The van der Waals surface area contributed by atoms with Gasteiger partial charge in [0, 0.05) is 0 Å². The quantitative estimate of drug-likeness (QED) is 0.598. The van der Waals surface area contributed by atoms with E-state index in [9.17, 15) is 4.79 Å². The average Bonchev–Trinajstić information content (AvgIpc) is 2.37. The zero-order valence-electron chi connectivity index (χ0n) is 9.42. The third-order valence-corrected chi connectivity index (χ3v) is 2.21. The van der Waals surface area contributed by atoms with Crippen LogP contribution in [-0.4, -0.2) is 5.97 Å². The molecule has 2 aromatic carbocycles. The molecule has 0 saturated carbocycles. The summed E-state index contributed by atoms with van der Waals surface area (Å²) in [5.41, 5.74) is 1.50. The Morgan fingerprint density at radius 3 is 2.47 bits per heavy atom. The number of hydrogen-bond acceptors (Lipinski definition) is 3. The first-order chi connectivity index (χ1) is 8.25. The summed E-state index contributed by atoms with van der Waals surface area (Å²) >= 11 is 0. The van der Waals surface area contributed by atoms with Crippen LogP contribution in [0.1, 0.15) is 15.9 Å². The molecule has 2 aromatic rings. The topological polar surface area (TPSA) is 35.5 Å². The Bertz CT molecular complexity index is 506. The van der Waals surface area contributed by atoms with Gasteiger partial charge in [-0.15, -0.1) is 0 Å². The van der Waals surface area contributed by atoms with Gasteiger partial charge in [0.2, 0.25) is 0 Å². The summed E-state index contributed by atoms with van der Waals surface area (Å²) in [6, 6.07) is 16.0. The van der Waals surface area contributed by atoms with Crippen molar-refractivity contribution in [3.05, 3.63) is 65.7 Å². The third-order valence-electron chi connectivity index (χ3n) is 2.21. The van der Waals surface area contributed by atoms with Gasteiger partial charge in [-0.3, -0.25) is 4.89 Å². The van der Waals surface area contributed by atoms with Gasteiger partial charge < -0.3 is 0 Å². The highest BCUT2D eigenvalue weighted by Gasteiger charge is 2.07. The Hall–Kier alpha value is -2.29. The summed E-state index contributed by atoms with van der Waals surface area (Å²) in [5.74, 6) is 0.00128. The van der Waals surface area contributed by atoms with Crippen molar-refractivity contribution in [2.24, 2.45) is 0 Å². The molecule has 3 nitrogen and oxygen atoms in total. The molecule has 0 saturated heterocycles. The van der Waals surface area contributed by atoms with Crippen LogP contribution in [0.4, 0.5) is 0 Å². The summed E-state index contributed by atoms with van der Waals surface area (Å²) in [7, 11) is 0. The maximum Gasteiger partial charge on any atom is 0.386 e. The number of aryl methyl sites for hydroxylation is 1. The van der Waals surface area contributed by atoms with Crippen LogP contribution in [0.2, 0.25) is 0 Å². The van der Waals surface area contributed by atoms with Gasteiger partial charge in [0.15, 0.2) is 5.75 Å². The number of carbonyl (C=O) groups is 1. The number of benzene rings is 2. The molecule has 0 aliphatic heterocycles. The van der Waals surface area contributed by atoms with Crippen molar-refractivity contribution < 1.29 is 14.6 Å². The molecule has 2 rings (SSSR count). The predicted molar refractivity (Wildman–Crippen MR) is 63.7 cm³/mol. The summed E-state index contributed by atoms with van der Waals surface area (Å²) in [4.78, 5) is 21.2. The van der Waals surface area contributed by atoms with Crippen LogP contribution in [0.5, 0.6) is 5.75 Å². The minimum absolute atomic E-state index is 0.458. The molecule has 0 aliphatic rings. The SMILES string of the molecule is Cc1cccc(OOC(=O)c2ccccc2)c1. The Kier molecular flexibility index (Phi) is 3.40. The summed E-state index contributed by atoms with van der Waals surface area (Å²) < 4.78 is 0. The largest absolute Gasteiger partial charge is 0.386 e. The van der Waals surface area contributed by atoms with Crippen molar-refractivity contribution in [3.8, 4) is 5.75 Å². The highest BCUT2D eigenvalue weighted by atomic mass is 17.2. The zero-order valence-corrected chi connectivity index (χ0v) is 9.42. The van der Waals surface area contributed by atoms with E-state index in [0.717, 1.165) is 5.56 Å². The molecule has 0 unspecified atom stereocenters. The van der Waals surface area contributed by atoms with E-state index in [0.29, 0.717) is 11.3 Å². The lowest BCUT2D eigenvalue weighted by Gasteiger charge is -2.04. The minimum Gasteiger partial charge on any atom is -0.287 e. The summed E-state index contributed by atoms with van der Waals surface area (Å²) in [6.45, 7) is 1.94. The van der Waals surface area contributed by atoms with Crippen molar-refractivity contribution in [1.82, 2.24) is 0 Å². The third kappa shape index (κ3) is 3.08. The second kappa shape index (κ2) is 5.16. The Morgan fingerprint density at radius 2 is 1.76 bits per heavy atom. The molecule has 17 heavy (non-hydrogen) atoms. The summed E-state index contributed by atoms with van der Waals surface area (Å²) in [6.07, 6.45) is 0. The van der Waals surface area contributed by atoms with E-state index in [1.807, 2.05) is 25.1 Å². The van der Waals surface area contributed by atoms with Gasteiger partial charge in [0.25, 0.3) is 0 Å². The van der Waals surface area contributed by atoms with E-state index in [1.165, 1.54) is 0 Å². The van der Waals surface area contributed by atoms with E-state index in [4.69, 9.17) is 9.78 Å². The van der Waals surface area contributed by atoms with Crippen LogP contribution in [0.3, 0.4) is 0 Å². The van der Waals surface area contributed by atoms with Crippen LogP contribution in [-0.2, 0) is 4.89 Å². The number of rotatable bonds is 3. The van der Waals surface area contributed by atoms with Gasteiger partial charge in [-0.2, -0.15) is 0 Å². The van der Waals surface area contributed by atoms with E-state index in [1.54, 1.807) is 36.4 Å². The number of hydrogen-bond donors (Lipinski definition) is 0. The lowest BCUT2D eigenvalue weighted by atomic mass is 10.2. The smallest absolute Gasteiger partial charge is 0.287 e. The van der Waals surface area contributed by atoms with E-state index >= 15 is 0 Å². The molecule has 0 aliphatic carbocycles. The predicted octanol–water partition coefficient (Wildman–Crippen LogP) is 3.15. The minimum atomic E-state index is -0.507. The monoisotopic (exact) mass is 228 g/mol. The average molecular weight is 228 g/mol. The van der Waals surface area contributed by atoms with Crippen LogP contribution in [0, 0.1) is 6.92 Å². The molecular weight excluding hydrogens is 216 g/mol. The Morgan fingerprint density at radius 1 is 1.00 bits per heavy atom. The van der Waals surface area contributed by atoms with E-state index in [2.05, 4.69) is 0 Å². The molecule has 0 fully saturated rings. The van der Waals surface area contributed by atoms with Crippen molar-refractivity contribution in [2.75, 3.05) is 0 Å². The highest BCUT2D eigenvalue weighted by Crippen LogP contribution is 2.13. The first-order valence-corrected chi connectivity index (χ1v) is 5.26. The maximum atomic E-state index is 11.6. The standard InChI is InChI=1S/C14H12O3/c1-11-6-5-9-13(10-11)16-17-14(15)12-7-3-2-4-8-12/h2-10H,1H3. The van der Waals surface area contributed by atoms with Crippen molar-refractivity contribution in [3.63, 3.8) is 0 Å². The van der Waals surface area contributed by atoms with Crippen molar-refractivity contribution in [1.29, 1.82) is 0 Å². The molecule has 0 amide bonds. The van der Waals surface area contributed by atoms with Gasteiger partial charge in [0.1, 0.15) is 0 Å². The lowest BCUT2D eigenvalue weighted by Crippen LogP contribution is -2.08. The molecule has 0 atom stereocenters. The normalized spacial score (nSPS) is 9.71. The molecule has 0 aromatic heterocycles. The molecule has 86 valence electrons. The molecule has 0 bridgehead atoms. The fourth-order valence-corrected chi connectivity index (χ4v) is 1.38. The molecule has 0 heterocycles. The van der Waals surface area contributed by atoms with Crippen LogP contribution in [0.15, 0.2) is 54.6 Å². The van der Waals surface area contributed by atoms with Crippen LogP contribution >= 0.6 is 0 Å². The summed E-state index contributed by atoms with van der Waals surface area (Å²) in [5, 5.41) is 0. The zero-order chi connectivity index (χ0) is 12.1. The molecule has 0 spiro atoms. The Labute approximate surface area is 99.5 Å². The van der Waals surface area contributed by atoms with Crippen LogP contribution < -0.4 is 4.89 Å². The first-order valence-electron chi connectivity index (χ1n) is 5.26. The molecule has 0 radical (unpaired) electrons. The second-order valence-electron chi connectivity index (χ2n) is 3.64. The van der Waals surface area contributed by atoms with E-state index < -0.39 is 5.97 Å². The van der Waals surface area contributed by atoms with Gasteiger partial charge in [-0.05, 0) is 36.8 Å². The highest BCUT2D eigenvalue weighted by molar-refractivity contribution is 5.88. The second-order valence-corrected chi connectivity index (χ2v) is 3.64. The van der Waals surface area contributed by atoms with Crippen molar-refractivity contribution >= 4 is 5.97 Å². The van der Waals surface area contributed by atoms with E-state index in [-0.39, 0.29) is 0 Å². The van der Waals surface area contributed by atoms with Gasteiger partial charge >= 0.3 is 5.97 Å². The maximum absolute atomic E-state index is 11.6. The Balaban J connectivity index is 1.97. The fraction of sp³-hybridized carbons (Fsp3) is 0.0714. The molecule has 0 N–H and O–H groups in total. The first kappa shape index (κ1) is 11.2. The van der Waals surface area contributed by atoms with Gasteiger partial charge in [-0.25, -0.2) is 9.68 Å². The fourth-order valence-electron chi connectivity index (χ4n) is 1.38. The van der Waals surface area contributed by atoms with Crippen LogP contribution in [0.25, 0.3) is 0 Å². The lowest BCUT2D eigenvalue weighted by molar-refractivity contribution is -0.149. The van der Waals surface area contributed by atoms with Crippen molar-refractivity contribution in [2.45, 2.75) is 6.92 Å².